The Bertz CT molecular complexity index is 306. The molecule has 1 aliphatic heterocycles. The van der Waals surface area contributed by atoms with Crippen molar-refractivity contribution in [2.45, 2.75) is 12.8 Å². The summed E-state index contributed by atoms with van der Waals surface area (Å²) in [6, 6.07) is 0. The van der Waals surface area contributed by atoms with Crippen LogP contribution in [0.4, 0.5) is 0 Å². The second kappa shape index (κ2) is 2.44. The van der Waals surface area contributed by atoms with Gasteiger partial charge in [-0.05, 0) is 30.7 Å². The second-order valence-corrected chi connectivity index (χ2v) is 3.29. The summed E-state index contributed by atoms with van der Waals surface area (Å²) >= 11 is 0. The van der Waals surface area contributed by atoms with Gasteiger partial charge in [-0.2, -0.15) is 0 Å². The van der Waals surface area contributed by atoms with Crippen LogP contribution in [-0.4, -0.2) is 19.8 Å². The van der Waals surface area contributed by atoms with E-state index in [-0.39, 0.29) is 0 Å². The van der Waals surface area contributed by atoms with E-state index in [0.29, 0.717) is 0 Å². The highest BCUT2D eigenvalue weighted by molar-refractivity contribution is 6.23. The maximum atomic E-state index is 5.84. The molecule has 1 saturated carbocycles. The number of likely N-dealkylation sites (N-methyl/N-ethyl adjacent to an activating group) is 1. The Balaban J connectivity index is 2.40. The summed E-state index contributed by atoms with van der Waals surface area (Å²) in [6.45, 7) is 0. The molecule has 3 heteroatoms. The van der Waals surface area contributed by atoms with Gasteiger partial charge in [0.1, 0.15) is 7.85 Å². The maximum absolute atomic E-state index is 5.84. The number of allylic oxidation sites excluding steroid dienone is 3. The predicted molar refractivity (Wildman–Crippen MR) is 50.1 cm³/mol. The Morgan fingerprint density at radius 3 is 2.67 bits per heavy atom. The molecule has 0 aromatic rings. The molecular formula is C9H11BN2. The van der Waals surface area contributed by atoms with Crippen molar-refractivity contribution in [3.8, 4) is 0 Å². The molecule has 1 aliphatic carbocycles. The number of rotatable bonds is 0. The van der Waals surface area contributed by atoms with Gasteiger partial charge < -0.3 is 10.6 Å². The first-order valence-corrected chi connectivity index (χ1v) is 4.08. The monoisotopic (exact) mass is 158 g/mol. The van der Waals surface area contributed by atoms with E-state index >= 15 is 0 Å². The summed E-state index contributed by atoms with van der Waals surface area (Å²) in [6.07, 6.45) is 6.08. The van der Waals surface area contributed by atoms with Gasteiger partial charge in [0.05, 0.1) is 11.4 Å². The lowest BCUT2D eigenvalue weighted by Gasteiger charge is -2.24. The summed E-state index contributed by atoms with van der Waals surface area (Å²) in [5, 5.41) is 0. The highest BCUT2D eigenvalue weighted by Gasteiger charge is 2.22. The first-order valence-electron chi connectivity index (χ1n) is 4.08. The quantitative estimate of drug-likeness (QED) is 0.529. The zero-order valence-corrected chi connectivity index (χ0v) is 7.17. The Morgan fingerprint density at radius 1 is 1.50 bits per heavy atom. The van der Waals surface area contributed by atoms with E-state index in [2.05, 4.69) is 0 Å². The molecule has 60 valence electrons. The molecule has 1 fully saturated rings. The van der Waals surface area contributed by atoms with Gasteiger partial charge >= 0.3 is 0 Å². The fourth-order valence-corrected chi connectivity index (χ4v) is 1.53. The molecule has 2 radical (unpaired) electrons. The average Bonchev–Trinajstić information content (AvgIpc) is 2.68. The topological polar surface area (TPSA) is 29.3 Å². The Hall–Kier alpha value is -1.12. The molecular weight excluding hydrogens is 147 g/mol. The van der Waals surface area contributed by atoms with Crippen molar-refractivity contribution in [2.24, 2.45) is 5.73 Å². The molecule has 0 atom stereocenters. The third-order valence-corrected chi connectivity index (χ3v) is 2.13. The van der Waals surface area contributed by atoms with Crippen LogP contribution < -0.4 is 5.73 Å². The van der Waals surface area contributed by atoms with Gasteiger partial charge in [0.2, 0.25) is 0 Å². The smallest absolute Gasteiger partial charge is 0.115 e. The van der Waals surface area contributed by atoms with Gasteiger partial charge in [-0.25, -0.2) is 0 Å². The number of nitrogens with zero attached hydrogens (tertiary/aromatic N) is 1. The first-order chi connectivity index (χ1) is 5.68. The molecule has 12 heavy (non-hydrogen) atoms. The third-order valence-electron chi connectivity index (χ3n) is 2.13. The lowest BCUT2D eigenvalue weighted by Crippen LogP contribution is -2.21. The van der Waals surface area contributed by atoms with Gasteiger partial charge in [-0.1, -0.05) is 5.47 Å². The third kappa shape index (κ3) is 1.15. The van der Waals surface area contributed by atoms with Crippen LogP contribution in [0.5, 0.6) is 0 Å². The number of nitrogens with two attached hydrogens (primary N) is 1. The molecule has 0 bridgehead atoms. The van der Waals surface area contributed by atoms with Crippen LogP contribution in [0.25, 0.3) is 0 Å². The minimum absolute atomic E-state index is 0.722. The molecule has 0 unspecified atom stereocenters. The Kier molecular flexibility index (Phi) is 1.53. The molecule has 0 saturated heterocycles. The van der Waals surface area contributed by atoms with Crippen LogP contribution >= 0.6 is 0 Å². The van der Waals surface area contributed by atoms with Crippen LogP contribution in [0.1, 0.15) is 12.8 Å². The van der Waals surface area contributed by atoms with E-state index in [0.717, 1.165) is 16.9 Å². The van der Waals surface area contributed by atoms with Crippen molar-refractivity contribution < 1.29 is 0 Å². The Morgan fingerprint density at radius 2 is 2.17 bits per heavy atom. The minimum atomic E-state index is 0.722. The van der Waals surface area contributed by atoms with Crippen LogP contribution in [0, 0.1) is 0 Å². The molecule has 0 spiro atoms. The summed E-state index contributed by atoms with van der Waals surface area (Å²) in [4.78, 5) is 2.01. The van der Waals surface area contributed by atoms with E-state index in [1.807, 2.05) is 24.2 Å². The lowest BCUT2D eigenvalue weighted by atomic mass is 9.93. The highest BCUT2D eigenvalue weighted by Crippen LogP contribution is 2.36. The summed E-state index contributed by atoms with van der Waals surface area (Å²) < 4.78 is 0. The van der Waals surface area contributed by atoms with Gasteiger partial charge in [0.15, 0.2) is 0 Å². The SMILES string of the molecule is [B]C1=CN(C)C(=C2CC2)C(N)=C1. The van der Waals surface area contributed by atoms with Crippen LogP contribution in [-0.2, 0) is 0 Å². The molecule has 2 rings (SSSR count). The van der Waals surface area contributed by atoms with Crippen LogP contribution in [0.2, 0.25) is 0 Å². The zero-order chi connectivity index (χ0) is 8.72. The highest BCUT2D eigenvalue weighted by atomic mass is 15.1. The largest absolute Gasteiger partial charge is 0.397 e. The number of hydrogen-bond donors (Lipinski definition) is 1. The molecule has 0 aromatic carbocycles. The fourth-order valence-electron chi connectivity index (χ4n) is 1.53. The molecule has 2 N–H and O–H groups in total. The lowest BCUT2D eigenvalue weighted by molar-refractivity contribution is 0.566. The number of hydrogen-bond acceptors (Lipinski definition) is 2. The minimum Gasteiger partial charge on any atom is -0.397 e. The zero-order valence-electron chi connectivity index (χ0n) is 7.17. The van der Waals surface area contributed by atoms with Gasteiger partial charge in [-0.15, -0.1) is 0 Å². The molecule has 0 amide bonds. The predicted octanol–water partition coefficient (Wildman–Crippen LogP) is 0.832. The molecule has 2 nitrogen and oxygen atoms in total. The van der Waals surface area contributed by atoms with Crippen molar-refractivity contribution in [1.29, 1.82) is 0 Å². The fraction of sp³-hybridized carbons (Fsp3) is 0.333. The van der Waals surface area contributed by atoms with Crippen molar-refractivity contribution in [1.82, 2.24) is 4.90 Å². The van der Waals surface area contributed by atoms with Gasteiger partial charge in [-0.3, -0.25) is 0 Å². The van der Waals surface area contributed by atoms with E-state index in [1.54, 1.807) is 0 Å². The molecule has 0 aromatic heterocycles. The normalized spacial score (nSPS) is 22.2. The van der Waals surface area contributed by atoms with Crippen molar-refractivity contribution in [2.75, 3.05) is 7.05 Å². The van der Waals surface area contributed by atoms with Crippen LogP contribution in [0.3, 0.4) is 0 Å². The van der Waals surface area contributed by atoms with Gasteiger partial charge in [0, 0.05) is 7.05 Å². The Labute approximate surface area is 73.8 Å². The van der Waals surface area contributed by atoms with E-state index in [4.69, 9.17) is 13.6 Å². The summed E-state index contributed by atoms with van der Waals surface area (Å²) in [5.41, 5.74) is 9.96. The van der Waals surface area contributed by atoms with E-state index in [9.17, 15) is 0 Å². The summed E-state index contributed by atoms with van der Waals surface area (Å²) in [7, 11) is 7.62. The van der Waals surface area contributed by atoms with Crippen molar-refractivity contribution in [3.05, 3.63) is 34.7 Å². The van der Waals surface area contributed by atoms with Gasteiger partial charge in [0.25, 0.3) is 0 Å². The maximum Gasteiger partial charge on any atom is 0.115 e. The molecule has 2 aliphatic rings. The molecule has 1 heterocycles. The first kappa shape index (κ1) is 7.53. The standard InChI is InChI=1S/C9H11BN2/c1-12-5-7(10)4-8(11)9(12)6-2-3-6/h4-5H,2-3,11H2,1H3. The average molecular weight is 158 g/mol. The second-order valence-electron chi connectivity index (χ2n) is 3.29. The van der Waals surface area contributed by atoms with Crippen LogP contribution in [0.15, 0.2) is 34.7 Å². The van der Waals surface area contributed by atoms with Crippen molar-refractivity contribution in [3.63, 3.8) is 0 Å². The van der Waals surface area contributed by atoms with Crippen molar-refractivity contribution >= 4 is 7.85 Å². The van der Waals surface area contributed by atoms with E-state index in [1.165, 1.54) is 18.4 Å². The summed E-state index contributed by atoms with van der Waals surface area (Å²) in [5.74, 6) is 0. The van der Waals surface area contributed by atoms with E-state index < -0.39 is 0 Å².